The average molecular weight is 291 g/mol. The summed E-state index contributed by atoms with van der Waals surface area (Å²) in [6, 6.07) is 11.4. The predicted molar refractivity (Wildman–Crippen MR) is 82.0 cm³/mol. The smallest absolute Gasteiger partial charge is 0.218 e. The Morgan fingerprint density at radius 1 is 1.20 bits per heavy atom. The molecule has 4 heteroatoms. The monoisotopic (exact) mass is 290 g/mol. The van der Waals surface area contributed by atoms with E-state index in [1.54, 1.807) is 6.07 Å². The standard InChI is InChI=1S/C16H19ClN2O/c1-3-7-12(2)11-20-15-10-14(17)18-16(19-15)13-8-5-4-6-9-13/h4-6,8-10,12H,3,7,11H2,1-2H3. The van der Waals surface area contributed by atoms with Gasteiger partial charge in [0.05, 0.1) is 6.61 Å². The highest BCUT2D eigenvalue weighted by Crippen LogP contribution is 2.21. The van der Waals surface area contributed by atoms with E-state index in [0.29, 0.717) is 29.4 Å². The van der Waals surface area contributed by atoms with Gasteiger partial charge in [-0.1, -0.05) is 62.2 Å². The summed E-state index contributed by atoms with van der Waals surface area (Å²) in [6.07, 6.45) is 2.30. The van der Waals surface area contributed by atoms with Crippen LogP contribution in [-0.2, 0) is 0 Å². The molecule has 1 heterocycles. The van der Waals surface area contributed by atoms with Gasteiger partial charge >= 0.3 is 0 Å². The van der Waals surface area contributed by atoms with Crippen molar-refractivity contribution in [2.24, 2.45) is 5.92 Å². The third kappa shape index (κ3) is 4.20. The van der Waals surface area contributed by atoms with E-state index in [0.717, 1.165) is 18.4 Å². The first-order valence-electron chi connectivity index (χ1n) is 6.92. The first-order valence-corrected chi connectivity index (χ1v) is 7.29. The van der Waals surface area contributed by atoms with Crippen LogP contribution in [0, 0.1) is 5.92 Å². The van der Waals surface area contributed by atoms with Gasteiger partial charge in [-0.05, 0) is 12.3 Å². The maximum atomic E-state index is 6.05. The van der Waals surface area contributed by atoms with Crippen molar-refractivity contribution in [1.82, 2.24) is 9.97 Å². The van der Waals surface area contributed by atoms with E-state index in [-0.39, 0.29) is 0 Å². The molecule has 1 atom stereocenters. The van der Waals surface area contributed by atoms with E-state index in [1.807, 2.05) is 30.3 Å². The molecule has 1 aromatic heterocycles. The van der Waals surface area contributed by atoms with Crippen molar-refractivity contribution in [1.29, 1.82) is 0 Å². The molecule has 0 amide bonds. The fraction of sp³-hybridized carbons (Fsp3) is 0.375. The Hall–Kier alpha value is -1.61. The zero-order valence-electron chi connectivity index (χ0n) is 11.8. The molecule has 1 unspecified atom stereocenters. The van der Waals surface area contributed by atoms with Gasteiger partial charge in [-0.25, -0.2) is 4.98 Å². The van der Waals surface area contributed by atoms with E-state index in [1.165, 1.54) is 0 Å². The minimum Gasteiger partial charge on any atom is -0.477 e. The van der Waals surface area contributed by atoms with Gasteiger partial charge in [0.2, 0.25) is 5.88 Å². The molecule has 0 saturated heterocycles. The van der Waals surface area contributed by atoms with Crippen molar-refractivity contribution >= 4 is 11.6 Å². The van der Waals surface area contributed by atoms with Gasteiger partial charge in [-0.15, -0.1) is 0 Å². The third-order valence-corrected chi connectivity index (χ3v) is 3.19. The normalized spacial score (nSPS) is 12.2. The number of nitrogens with zero attached hydrogens (tertiary/aromatic N) is 2. The molecular formula is C16H19ClN2O. The number of rotatable bonds is 6. The van der Waals surface area contributed by atoms with Gasteiger partial charge in [-0.2, -0.15) is 4.98 Å². The van der Waals surface area contributed by atoms with E-state index >= 15 is 0 Å². The van der Waals surface area contributed by atoms with Gasteiger partial charge in [0, 0.05) is 11.6 Å². The lowest BCUT2D eigenvalue weighted by molar-refractivity contribution is 0.243. The van der Waals surface area contributed by atoms with E-state index < -0.39 is 0 Å². The van der Waals surface area contributed by atoms with Crippen LogP contribution >= 0.6 is 11.6 Å². The zero-order valence-corrected chi connectivity index (χ0v) is 12.6. The summed E-state index contributed by atoms with van der Waals surface area (Å²) in [4.78, 5) is 8.66. The molecule has 0 saturated carbocycles. The molecule has 0 N–H and O–H groups in total. The van der Waals surface area contributed by atoms with E-state index in [9.17, 15) is 0 Å². The Morgan fingerprint density at radius 3 is 2.65 bits per heavy atom. The summed E-state index contributed by atoms with van der Waals surface area (Å²) in [7, 11) is 0. The minimum absolute atomic E-state index is 0.400. The summed E-state index contributed by atoms with van der Waals surface area (Å²) in [5, 5.41) is 0.400. The molecule has 2 aromatic rings. The first kappa shape index (κ1) is 14.8. The Balaban J connectivity index is 2.13. The average Bonchev–Trinajstić information content (AvgIpc) is 2.46. The van der Waals surface area contributed by atoms with Crippen LogP contribution in [0.3, 0.4) is 0 Å². The van der Waals surface area contributed by atoms with Crippen LogP contribution in [0.25, 0.3) is 11.4 Å². The molecule has 0 fully saturated rings. The molecule has 0 spiro atoms. The van der Waals surface area contributed by atoms with Gasteiger partial charge in [0.15, 0.2) is 5.82 Å². The lowest BCUT2D eigenvalue weighted by Gasteiger charge is -2.12. The van der Waals surface area contributed by atoms with Crippen LogP contribution in [0.4, 0.5) is 0 Å². The second-order valence-electron chi connectivity index (χ2n) is 4.92. The van der Waals surface area contributed by atoms with Gasteiger partial charge in [-0.3, -0.25) is 0 Å². The van der Waals surface area contributed by atoms with E-state index in [2.05, 4.69) is 23.8 Å². The molecule has 0 radical (unpaired) electrons. The maximum Gasteiger partial charge on any atom is 0.218 e. The number of hydrogen-bond acceptors (Lipinski definition) is 3. The quantitative estimate of drug-likeness (QED) is 0.729. The molecule has 0 aliphatic carbocycles. The largest absolute Gasteiger partial charge is 0.477 e. The third-order valence-electron chi connectivity index (χ3n) is 3.00. The van der Waals surface area contributed by atoms with Gasteiger partial charge < -0.3 is 4.74 Å². The molecule has 0 aliphatic heterocycles. The fourth-order valence-electron chi connectivity index (χ4n) is 1.99. The van der Waals surface area contributed by atoms with E-state index in [4.69, 9.17) is 16.3 Å². The van der Waals surface area contributed by atoms with Crippen molar-refractivity contribution < 1.29 is 4.74 Å². The maximum absolute atomic E-state index is 6.05. The highest BCUT2D eigenvalue weighted by Gasteiger charge is 2.08. The number of benzene rings is 1. The Morgan fingerprint density at radius 2 is 1.95 bits per heavy atom. The Labute approximate surface area is 125 Å². The van der Waals surface area contributed by atoms with Crippen molar-refractivity contribution in [3.05, 3.63) is 41.6 Å². The van der Waals surface area contributed by atoms with Crippen LogP contribution < -0.4 is 4.74 Å². The molecular weight excluding hydrogens is 272 g/mol. The highest BCUT2D eigenvalue weighted by molar-refractivity contribution is 6.29. The van der Waals surface area contributed by atoms with Crippen LogP contribution in [0.1, 0.15) is 26.7 Å². The SMILES string of the molecule is CCCC(C)COc1cc(Cl)nc(-c2ccccc2)n1. The minimum atomic E-state index is 0.400. The highest BCUT2D eigenvalue weighted by atomic mass is 35.5. The molecule has 20 heavy (non-hydrogen) atoms. The van der Waals surface area contributed by atoms with Crippen molar-refractivity contribution in [2.45, 2.75) is 26.7 Å². The van der Waals surface area contributed by atoms with Crippen LogP contribution in [0.15, 0.2) is 36.4 Å². The lowest BCUT2D eigenvalue weighted by atomic mass is 10.1. The number of halogens is 1. The van der Waals surface area contributed by atoms with Crippen molar-refractivity contribution in [3.8, 4) is 17.3 Å². The Kier molecular flexibility index (Phi) is 5.36. The van der Waals surface area contributed by atoms with Gasteiger partial charge in [0.1, 0.15) is 5.15 Å². The Bertz CT molecular complexity index is 545. The summed E-state index contributed by atoms with van der Waals surface area (Å²) < 4.78 is 5.73. The molecule has 0 aliphatic rings. The summed E-state index contributed by atoms with van der Waals surface area (Å²) in [6.45, 7) is 4.99. The summed E-state index contributed by atoms with van der Waals surface area (Å²) in [5.74, 6) is 1.64. The molecule has 3 nitrogen and oxygen atoms in total. The zero-order chi connectivity index (χ0) is 14.4. The molecule has 1 aromatic carbocycles. The number of aromatic nitrogens is 2. The van der Waals surface area contributed by atoms with Crippen LogP contribution in [0.5, 0.6) is 5.88 Å². The summed E-state index contributed by atoms with van der Waals surface area (Å²) >= 11 is 6.05. The van der Waals surface area contributed by atoms with Gasteiger partial charge in [0.25, 0.3) is 0 Å². The fourth-order valence-corrected chi connectivity index (χ4v) is 2.16. The summed E-state index contributed by atoms with van der Waals surface area (Å²) in [5.41, 5.74) is 0.932. The number of ether oxygens (including phenoxy) is 1. The molecule has 2 rings (SSSR count). The second kappa shape index (κ2) is 7.25. The lowest BCUT2D eigenvalue weighted by Crippen LogP contribution is -2.09. The first-order chi connectivity index (χ1) is 9.69. The molecule has 0 bridgehead atoms. The van der Waals surface area contributed by atoms with Crippen molar-refractivity contribution in [2.75, 3.05) is 6.61 Å². The van der Waals surface area contributed by atoms with Crippen LogP contribution in [-0.4, -0.2) is 16.6 Å². The second-order valence-corrected chi connectivity index (χ2v) is 5.31. The van der Waals surface area contributed by atoms with Crippen LogP contribution in [0.2, 0.25) is 5.15 Å². The molecule has 106 valence electrons. The number of hydrogen-bond donors (Lipinski definition) is 0. The topological polar surface area (TPSA) is 35.0 Å². The van der Waals surface area contributed by atoms with Crippen molar-refractivity contribution in [3.63, 3.8) is 0 Å². The predicted octanol–water partition coefficient (Wildman–Crippen LogP) is 4.61.